The third-order valence-corrected chi connectivity index (χ3v) is 10.5. The summed E-state index contributed by atoms with van der Waals surface area (Å²) in [5, 5.41) is 1.95. The third-order valence-electron chi connectivity index (χ3n) is 4.67. The lowest BCUT2D eigenvalue weighted by molar-refractivity contribution is -0.112. The molecule has 0 aliphatic heterocycles. The normalized spacial score (nSPS) is 20.2. The van der Waals surface area contributed by atoms with Crippen molar-refractivity contribution >= 4 is 53.4 Å². The molecule has 0 bridgehead atoms. The molecule has 2 fully saturated rings. The van der Waals surface area contributed by atoms with Crippen LogP contribution in [0.15, 0.2) is 0 Å². The molecule has 0 heterocycles. The van der Waals surface area contributed by atoms with E-state index in [4.69, 9.17) is 0 Å². The van der Waals surface area contributed by atoms with Gasteiger partial charge in [-0.25, -0.2) is 0 Å². The van der Waals surface area contributed by atoms with Gasteiger partial charge in [-0.15, -0.1) is 0 Å². The van der Waals surface area contributed by atoms with E-state index in [2.05, 4.69) is 0 Å². The van der Waals surface area contributed by atoms with E-state index in [1.807, 2.05) is 0 Å². The Morgan fingerprint density at radius 2 is 1.00 bits per heavy atom. The van der Waals surface area contributed by atoms with Crippen LogP contribution in [0.3, 0.4) is 0 Å². The summed E-state index contributed by atoms with van der Waals surface area (Å²) in [5.41, 5.74) is 0. The van der Waals surface area contributed by atoms with Gasteiger partial charge in [0.25, 0.3) is 0 Å². The molecule has 2 rings (SSSR count). The first-order chi connectivity index (χ1) is 11.7. The van der Waals surface area contributed by atoms with Gasteiger partial charge in [-0.3, -0.25) is 9.59 Å². The van der Waals surface area contributed by atoms with Gasteiger partial charge in [-0.2, -0.15) is 0 Å². The lowest BCUT2D eigenvalue weighted by Crippen LogP contribution is -2.07. The number of hydrogen-bond donors (Lipinski definition) is 0. The average molecular weight is 407 g/mol. The number of carbonyl (C=O) groups is 2. The van der Waals surface area contributed by atoms with Crippen LogP contribution in [0.1, 0.15) is 89.9 Å². The fourth-order valence-corrected chi connectivity index (χ4v) is 8.30. The Hall–Kier alpha value is 0.740. The Bertz CT molecular complexity index is 341. The second-order valence-corrected chi connectivity index (χ2v) is 11.9. The molecule has 0 aromatic heterocycles. The largest absolute Gasteiger partial charge is 0.286 e. The van der Waals surface area contributed by atoms with Crippen LogP contribution in [0.4, 0.5) is 0 Å². The molecule has 0 N–H and O–H groups in total. The van der Waals surface area contributed by atoms with Crippen molar-refractivity contribution in [2.75, 3.05) is 0 Å². The predicted octanol–water partition coefficient (Wildman–Crippen LogP) is 7.03. The Labute approximate surface area is 163 Å². The van der Waals surface area contributed by atoms with Crippen molar-refractivity contribution in [3.63, 3.8) is 0 Å². The van der Waals surface area contributed by atoms with Gasteiger partial charge in [0.05, 0.1) is 0 Å². The highest BCUT2D eigenvalue weighted by Gasteiger charge is 2.17. The maximum Gasteiger partial charge on any atom is 0.199 e. The molecule has 2 nitrogen and oxygen atoms in total. The van der Waals surface area contributed by atoms with Gasteiger partial charge >= 0.3 is 0 Å². The van der Waals surface area contributed by atoms with Crippen molar-refractivity contribution < 1.29 is 9.59 Å². The minimum absolute atomic E-state index is 0.294. The first-order valence-electron chi connectivity index (χ1n) is 9.46. The fraction of sp³-hybridized carbons (Fsp3) is 0.889. The van der Waals surface area contributed by atoms with E-state index in [1.165, 1.54) is 85.8 Å². The van der Waals surface area contributed by atoms with E-state index in [0.717, 1.165) is 12.8 Å². The molecule has 138 valence electrons. The summed E-state index contributed by atoms with van der Waals surface area (Å²) in [6.45, 7) is 0. The molecule has 0 amide bonds. The van der Waals surface area contributed by atoms with Gasteiger partial charge < -0.3 is 0 Å². The van der Waals surface area contributed by atoms with Crippen molar-refractivity contribution in [2.24, 2.45) is 0 Å². The van der Waals surface area contributed by atoms with Crippen LogP contribution in [0, 0.1) is 0 Å². The Kier molecular flexibility index (Phi) is 11.4. The molecule has 0 atom stereocenters. The van der Waals surface area contributed by atoms with Gasteiger partial charge in [0.15, 0.2) is 10.2 Å². The molecule has 0 saturated heterocycles. The van der Waals surface area contributed by atoms with Crippen molar-refractivity contribution in [3.8, 4) is 0 Å². The molecule has 0 radical (unpaired) electrons. The zero-order valence-electron chi connectivity index (χ0n) is 14.5. The van der Waals surface area contributed by atoms with Crippen molar-refractivity contribution in [3.05, 3.63) is 0 Å². The summed E-state index contributed by atoms with van der Waals surface area (Å²) >= 11 is 0. The third kappa shape index (κ3) is 9.44. The average Bonchev–Trinajstić information content (AvgIpc) is 2.63. The highest BCUT2D eigenvalue weighted by molar-refractivity contribution is 8.82. The highest BCUT2D eigenvalue weighted by atomic mass is 33.1. The molecule has 24 heavy (non-hydrogen) atoms. The van der Waals surface area contributed by atoms with Gasteiger partial charge in [0, 0.05) is 23.3 Å². The van der Waals surface area contributed by atoms with E-state index < -0.39 is 0 Å². The maximum atomic E-state index is 11.9. The summed E-state index contributed by atoms with van der Waals surface area (Å²) < 4.78 is 0. The van der Waals surface area contributed by atoms with E-state index in [1.54, 1.807) is 21.6 Å². The summed E-state index contributed by atoms with van der Waals surface area (Å²) in [7, 11) is 6.48. The smallest absolute Gasteiger partial charge is 0.199 e. The van der Waals surface area contributed by atoms with Crippen LogP contribution < -0.4 is 0 Å². The molecule has 6 heteroatoms. The second kappa shape index (κ2) is 13.0. The van der Waals surface area contributed by atoms with Crippen molar-refractivity contribution in [1.82, 2.24) is 0 Å². The molecular weight excluding hydrogens is 376 g/mol. The van der Waals surface area contributed by atoms with Gasteiger partial charge in [-0.1, -0.05) is 60.1 Å². The Morgan fingerprint density at radius 1 is 0.625 bits per heavy atom. The Morgan fingerprint density at radius 3 is 1.38 bits per heavy atom. The van der Waals surface area contributed by atoms with E-state index in [9.17, 15) is 9.59 Å². The lowest BCUT2D eigenvalue weighted by atomic mass is 10.0. The highest BCUT2D eigenvalue weighted by Crippen LogP contribution is 2.38. The van der Waals surface area contributed by atoms with Gasteiger partial charge in [0.1, 0.15) is 0 Å². The summed E-state index contributed by atoms with van der Waals surface area (Å²) in [5.74, 6) is 0. The maximum absolute atomic E-state index is 11.9. The summed E-state index contributed by atoms with van der Waals surface area (Å²) in [6.07, 6.45) is 16.1. The van der Waals surface area contributed by atoms with Crippen molar-refractivity contribution in [2.45, 2.75) is 100 Å². The first-order valence-corrected chi connectivity index (χ1v) is 13.9. The zero-order valence-corrected chi connectivity index (χ0v) is 17.8. The van der Waals surface area contributed by atoms with E-state index >= 15 is 0 Å². The quantitative estimate of drug-likeness (QED) is 0.302. The molecule has 2 aliphatic carbocycles. The Balaban J connectivity index is 1.43. The minimum atomic E-state index is 0.294. The number of hydrogen-bond acceptors (Lipinski definition) is 6. The zero-order chi connectivity index (χ0) is 17.0. The van der Waals surface area contributed by atoms with Crippen LogP contribution in [0.5, 0.6) is 0 Å². The first kappa shape index (κ1) is 21.0. The molecule has 0 spiro atoms. The van der Waals surface area contributed by atoms with E-state index in [0.29, 0.717) is 33.6 Å². The minimum Gasteiger partial charge on any atom is -0.286 e. The number of rotatable bonds is 9. The number of unbranched alkanes of at least 4 members (excludes halogenated alkanes) is 1. The van der Waals surface area contributed by atoms with Crippen LogP contribution >= 0.6 is 43.2 Å². The fourth-order valence-electron chi connectivity index (χ4n) is 3.19. The molecule has 2 aliphatic rings. The van der Waals surface area contributed by atoms with Crippen molar-refractivity contribution in [1.29, 1.82) is 0 Å². The monoisotopic (exact) mass is 406 g/mol. The predicted molar refractivity (Wildman–Crippen MR) is 113 cm³/mol. The van der Waals surface area contributed by atoms with Crippen LogP contribution in [0.25, 0.3) is 0 Å². The summed E-state index contributed by atoms with van der Waals surface area (Å²) in [4.78, 5) is 23.8. The van der Waals surface area contributed by atoms with E-state index in [-0.39, 0.29) is 0 Å². The van der Waals surface area contributed by atoms with Gasteiger partial charge in [0.2, 0.25) is 0 Å². The molecule has 0 unspecified atom stereocenters. The number of carbonyl (C=O) groups excluding carboxylic acids is 2. The molecule has 0 aromatic rings. The molecular formula is C18H30O2S4. The standard InChI is InChI=1S/C18H30O2S4/c19-17(23-21-15-9-3-1-4-10-15)13-7-8-14-18(20)24-22-16-11-5-2-6-12-16/h15-16H,1-14H2. The van der Waals surface area contributed by atoms with Gasteiger partial charge in [-0.05, 0) is 60.1 Å². The van der Waals surface area contributed by atoms with Crippen LogP contribution in [0.2, 0.25) is 0 Å². The SMILES string of the molecule is O=C(CCCCC(=O)SSC1CCCCC1)SSC1CCCCC1. The molecule has 2 saturated carbocycles. The summed E-state index contributed by atoms with van der Waals surface area (Å²) in [6, 6.07) is 0. The molecule has 0 aromatic carbocycles. The van der Waals surface area contributed by atoms with Crippen LogP contribution in [-0.2, 0) is 9.59 Å². The second-order valence-electron chi connectivity index (χ2n) is 6.83. The van der Waals surface area contributed by atoms with Crippen LogP contribution in [-0.4, -0.2) is 20.7 Å². The lowest BCUT2D eigenvalue weighted by Gasteiger charge is -2.19. The topological polar surface area (TPSA) is 34.1 Å².